The average molecular weight is 447 g/mol. The van der Waals surface area contributed by atoms with Gasteiger partial charge < -0.3 is 4.57 Å². The molecule has 158 valence electrons. The zero-order valence-corrected chi connectivity index (χ0v) is 18.4. The van der Waals surface area contributed by atoms with Crippen molar-refractivity contribution in [2.75, 3.05) is 4.90 Å². The maximum absolute atomic E-state index is 6.21. The molecule has 0 spiro atoms. The van der Waals surface area contributed by atoms with Gasteiger partial charge in [0.25, 0.3) is 0 Å². The van der Waals surface area contributed by atoms with Crippen molar-refractivity contribution in [2.24, 2.45) is 0 Å². The summed E-state index contributed by atoms with van der Waals surface area (Å²) in [6, 6.07) is 36.9. The number of para-hydroxylation sites is 2. The summed E-state index contributed by atoms with van der Waals surface area (Å²) in [4.78, 5) is 11.1. The minimum absolute atomic E-state index is 0.440. The fourth-order valence-electron chi connectivity index (χ4n) is 4.34. The molecule has 0 atom stereocenters. The van der Waals surface area contributed by atoms with Crippen molar-refractivity contribution in [3.63, 3.8) is 0 Å². The summed E-state index contributed by atoms with van der Waals surface area (Å²) < 4.78 is 2.30. The number of pyridine rings is 2. The minimum Gasteiger partial charge on any atom is -0.309 e. The number of benzene rings is 3. The van der Waals surface area contributed by atoms with Gasteiger partial charge in [0.1, 0.15) is 16.8 Å². The van der Waals surface area contributed by atoms with Crippen molar-refractivity contribution >= 4 is 50.7 Å². The van der Waals surface area contributed by atoms with E-state index in [4.69, 9.17) is 11.6 Å². The van der Waals surface area contributed by atoms with Gasteiger partial charge in [0.15, 0.2) is 0 Å². The Morgan fingerprint density at radius 1 is 0.606 bits per heavy atom. The van der Waals surface area contributed by atoms with Gasteiger partial charge in [-0.25, -0.2) is 9.97 Å². The first-order chi connectivity index (χ1) is 16.3. The molecule has 0 saturated heterocycles. The van der Waals surface area contributed by atoms with Crippen LogP contribution in [-0.4, -0.2) is 14.5 Å². The van der Waals surface area contributed by atoms with Gasteiger partial charge in [-0.05, 0) is 60.7 Å². The molecule has 3 aromatic carbocycles. The van der Waals surface area contributed by atoms with E-state index in [0.29, 0.717) is 11.0 Å². The van der Waals surface area contributed by atoms with Crippen LogP contribution in [0.25, 0.3) is 27.5 Å². The van der Waals surface area contributed by atoms with E-state index in [9.17, 15) is 0 Å². The van der Waals surface area contributed by atoms with Gasteiger partial charge in [-0.3, -0.25) is 4.90 Å². The molecule has 5 heteroatoms. The van der Waals surface area contributed by atoms with Crippen molar-refractivity contribution in [2.45, 2.75) is 0 Å². The predicted molar refractivity (Wildman–Crippen MR) is 136 cm³/mol. The fraction of sp³-hybridized carbons (Fsp3) is 0. The second-order valence-electron chi connectivity index (χ2n) is 7.73. The molecular formula is C28H19ClN4. The molecule has 0 radical (unpaired) electrons. The smallest absolute Gasteiger partial charge is 0.140 e. The summed E-state index contributed by atoms with van der Waals surface area (Å²) >= 11 is 6.21. The van der Waals surface area contributed by atoms with Gasteiger partial charge in [-0.15, -0.1) is 0 Å². The SMILES string of the molecule is Clc1cccc(N(c2ccc(-n3c4ccccc4c4ccccc43)cc2)c2ccccn2)n1. The molecule has 3 aromatic heterocycles. The maximum Gasteiger partial charge on any atom is 0.140 e. The van der Waals surface area contributed by atoms with Crippen molar-refractivity contribution in [1.29, 1.82) is 0 Å². The zero-order valence-electron chi connectivity index (χ0n) is 17.6. The predicted octanol–water partition coefficient (Wildman–Crippen LogP) is 7.70. The monoisotopic (exact) mass is 446 g/mol. The third-order valence-corrected chi connectivity index (χ3v) is 5.96. The molecule has 0 saturated carbocycles. The molecule has 3 heterocycles. The highest BCUT2D eigenvalue weighted by Gasteiger charge is 2.16. The summed E-state index contributed by atoms with van der Waals surface area (Å²) in [5.41, 5.74) is 4.42. The third-order valence-electron chi connectivity index (χ3n) is 5.75. The first-order valence-corrected chi connectivity index (χ1v) is 11.1. The number of halogens is 1. The van der Waals surface area contributed by atoms with Gasteiger partial charge in [0.2, 0.25) is 0 Å². The van der Waals surface area contributed by atoms with Crippen LogP contribution in [0.5, 0.6) is 0 Å². The summed E-state index contributed by atoms with van der Waals surface area (Å²) in [6.45, 7) is 0. The second kappa shape index (κ2) is 8.08. The Balaban J connectivity index is 1.50. The highest BCUT2D eigenvalue weighted by molar-refractivity contribution is 6.29. The number of aromatic nitrogens is 3. The van der Waals surface area contributed by atoms with Crippen LogP contribution >= 0.6 is 11.6 Å². The number of hydrogen-bond acceptors (Lipinski definition) is 3. The lowest BCUT2D eigenvalue weighted by atomic mass is 10.2. The fourth-order valence-corrected chi connectivity index (χ4v) is 4.50. The van der Waals surface area contributed by atoms with Crippen LogP contribution in [0, 0.1) is 0 Å². The van der Waals surface area contributed by atoms with Crippen LogP contribution in [-0.2, 0) is 0 Å². The molecule has 0 unspecified atom stereocenters. The Kier molecular flexibility index (Phi) is 4.78. The number of nitrogens with zero attached hydrogens (tertiary/aromatic N) is 4. The summed E-state index contributed by atoms with van der Waals surface area (Å²) in [5.74, 6) is 1.49. The summed E-state index contributed by atoms with van der Waals surface area (Å²) in [5, 5.41) is 2.93. The Morgan fingerprint density at radius 2 is 1.24 bits per heavy atom. The molecule has 33 heavy (non-hydrogen) atoms. The molecule has 0 amide bonds. The van der Waals surface area contributed by atoms with Gasteiger partial charge in [0.05, 0.1) is 11.0 Å². The molecule has 4 nitrogen and oxygen atoms in total. The van der Waals surface area contributed by atoms with Gasteiger partial charge in [-0.2, -0.15) is 0 Å². The van der Waals surface area contributed by atoms with Crippen molar-refractivity contribution in [3.8, 4) is 5.69 Å². The average Bonchev–Trinajstić information content (AvgIpc) is 3.20. The number of fused-ring (bicyclic) bond motifs is 3. The molecule has 0 N–H and O–H groups in total. The molecule has 6 aromatic rings. The van der Waals surface area contributed by atoms with E-state index in [1.54, 1.807) is 12.3 Å². The first kappa shape index (κ1) is 19.5. The van der Waals surface area contributed by atoms with Crippen molar-refractivity contribution in [1.82, 2.24) is 14.5 Å². The lowest BCUT2D eigenvalue weighted by molar-refractivity contribution is 1.12. The Labute approximate surface area is 196 Å². The quantitative estimate of drug-likeness (QED) is 0.260. The molecule has 0 fully saturated rings. The van der Waals surface area contributed by atoms with Gasteiger partial charge >= 0.3 is 0 Å². The second-order valence-corrected chi connectivity index (χ2v) is 8.12. The molecule has 6 rings (SSSR count). The number of anilines is 3. The Hall–Kier alpha value is -4.15. The highest BCUT2D eigenvalue weighted by Crippen LogP contribution is 2.35. The Bertz CT molecular complexity index is 1520. The van der Waals surface area contributed by atoms with E-state index in [1.807, 2.05) is 35.2 Å². The van der Waals surface area contributed by atoms with Gasteiger partial charge in [0, 0.05) is 28.3 Å². The summed E-state index contributed by atoms with van der Waals surface area (Å²) in [6.07, 6.45) is 1.78. The zero-order chi connectivity index (χ0) is 22.2. The molecule has 0 aliphatic heterocycles. The van der Waals surface area contributed by atoms with Gasteiger partial charge in [-0.1, -0.05) is 60.1 Å². The largest absolute Gasteiger partial charge is 0.309 e. The van der Waals surface area contributed by atoms with Crippen LogP contribution in [0.4, 0.5) is 17.3 Å². The van der Waals surface area contributed by atoms with E-state index in [0.717, 1.165) is 17.2 Å². The van der Waals surface area contributed by atoms with Crippen molar-refractivity contribution < 1.29 is 0 Å². The maximum atomic E-state index is 6.21. The third kappa shape index (κ3) is 3.41. The van der Waals surface area contributed by atoms with E-state index in [1.165, 1.54) is 21.8 Å². The normalized spacial score (nSPS) is 11.2. The van der Waals surface area contributed by atoms with E-state index in [2.05, 4.69) is 87.3 Å². The molecule has 0 aliphatic rings. The lowest BCUT2D eigenvalue weighted by Gasteiger charge is -2.23. The minimum atomic E-state index is 0.440. The number of rotatable bonds is 4. The first-order valence-electron chi connectivity index (χ1n) is 10.7. The Morgan fingerprint density at radius 3 is 1.88 bits per heavy atom. The number of hydrogen-bond donors (Lipinski definition) is 0. The van der Waals surface area contributed by atoms with Crippen LogP contribution in [0.1, 0.15) is 0 Å². The standard InChI is InChI=1S/C28H19ClN4/c29-26-12-7-14-28(31-26)33(27-13-5-6-19-30-27)21-17-15-20(16-18-21)32-24-10-3-1-8-22(24)23-9-2-4-11-25(23)32/h1-19H. The van der Waals surface area contributed by atoms with E-state index >= 15 is 0 Å². The molecular weight excluding hydrogens is 428 g/mol. The highest BCUT2D eigenvalue weighted by atomic mass is 35.5. The van der Waals surface area contributed by atoms with Crippen LogP contribution in [0.15, 0.2) is 115 Å². The topological polar surface area (TPSA) is 34.0 Å². The van der Waals surface area contributed by atoms with Crippen LogP contribution in [0.2, 0.25) is 5.15 Å². The van der Waals surface area contributed by atoms with E-state index < -0.39 is 0 Å². The van der Waals surface area contributed by atoms with Crippen molar-refractivity contribution in [3.05, 3.63) is 121 Å². The lowest BCUT2D eigenvalue weighted by Crippen LogP contribution is -2.13. The molecule has 0 bridgehead atoms. The summed E-state index contributed by atoms with van der Waals surface area (Å²) in [7, 11) is 0. The van der Waals surface area contributed by atoms with Crippen LogP contribution < -0.4 is 4.90 Å². The molecule has 0 aliphatic carbocycles. The van der Waals surface area contributed by atoms with E-state index in [-0.39, 0.29) is 0 Å². The van der Waals surface area contributed by atoms with Crippen LogP contribution in [0.3, 0.4) is 0 Å².